The Labute approximate surface area is 107 Å². The van der Waals surface area contributed by atoms with Crippen molar-refractivity contribution in [2.75, 3.05) is 0 Å². The quantitative estimate of drug-likeness (QED) is 0.260. The number of β-lactam (4-membered cyclic amide) rings is 1. The van der Waals surface area contributed by atoms with E-state index < -0.39 is 5.97 Å². The Balaban J connectivity index is 0.000000980. The summed E-state index contributed by atoms with van der Waals surface area (Å²) >= 11 is 1.32. The van der Waals surface area contributed by atoms with E-state index in [4.69, 9.17) is 0 Å². The van der Waals surface area contributed by atoms with Crippen molar-refractivity contribution in [3.63, 3.8) is 0 Å². The zero-order chi connectivity index (χ0) is 9.59. The molecule has 1 saturated heterocycles. The molecule has 0 bridgehead atoms. The van der Waals surface area contributed by atoms with Gasteiger partial charge in [0.05, 0.1) is 11.7 Å². The molecule has 1 amide bonds. The van der Waals surface area contributed by atoms with E-state index in [1.807, 2.05) is 0 Å². The Morgan fingerprint density at radius 1 is 1.71 bits per heavy atom. The van der Waals surface area contributed by atoms with E-state index >= 15 is 0 Å². The van der Waals surface area contributed by atoms with Crippen LogP contribution in [0.3, 0.4) is 0 Å². The molecule has 1 atom stereocenters. The fourth-order valence-corrected chi connectivity index (χ4v) is 2.57. The molecule has 0 radical (unpaired) electrons. The van der Waals surface area contributed by atoms with Gasteiger partial charge in [0.2, 0.25) is 0 Å². The van der Waals surface area contributed by atoms with Crippen LogP contribution in [0.15, 0.2) is 22.8 Å². The summed E-state index contributed by atoms with van der Waals surface area (Å²) in [6.07, 6.45) is 1.71. The molecule has 0 spiro atoms. The minimum absolute atomic E-state index is 0. The Kier molecular flexibility index (Phi) is 3.47. The maximum absolute atomic E-state index is 11.3. The van der Waals surface area contributed by atoms with Crippen LogP contribution in [0.2, 0.25) is 0 Å². The molecule has 2 rings (SSSR count). The summed E-state index contributed by atoms with van der Waals surface area (Å²) < 4.78 is 0. The minimum Gasteiger partial charge on any atom is -0.543 e. The Morgan fingerprint density at radius 3 is 2.86 bits per heavy atom. The van der Waals surface area contributed by atoms with Gasteiger partial charge in [-0.05, 0) is 12.3 Å². The third-order valence-electron chi connectivity index (χ3n) is 2.05. The first-order chi connectivity index (χ1) is 6.16. The Bertz CT molecular complexity index is 364. The van der Waals surface area contributed by atoms with Gasteiger partial charge in [-0.3, -0.25) is 9.69 Å². The molecule has 4 nitrogen and oxygen atoms in total. The molecule has 2 aliphatic rings. The number of allylic oxidation sites excluding steroid dienone is 1. The topological polar surface area (TPSA) is 60.4 Å². The fourth-order valence-electron chi connectivity index (χ4n) is 1.39. The minimum atomic E-state index is -1.29. The summed E-state index contributed by atoms with van der Waals surface area (Å²) in [5.74, 6) is -1.52. The number of aliphatic carboxylic acids is 1. The van der Waals surface area contributed by atoms with Gasteiger partial charge in [0.1, 0.15) is 5.37 Å². The van der Waals surface area contributed by atoms with Crippen molar-refractivity contribution in [3.8, 4) is 0 Å². The normalized spacial score (nSPS) is 26.5. The predicted molar refractivity (Wildman–Crippen MR) is 45.1 cm³/mol. The first-order valence-electron chi connectivity index (χ1n) is 3.73. The number of carboxylic acids is 1. The van der Waals surface area contributed by atoms with E-state index in [-0.39, 0.29) is 46.5 Å². The average molecular weight is 219 g/mol. The zero-order valence-corrected chi connectivity index (χ0v) is 10.6. The van der Waals surface area contributed by atoms with Crippen molar-refractivity contribution in [2.45, 2.75) is 12.3 Å². The summed E-state index contributed by atoms with van der Waals surface area (Å²) in [6.45, 7) is 1.77. The van der Waals surface area contributed by atoms with Gasteiger partial charge in [-0.2, -0.15) is 0 Å². The molecule has 0 saturated carbocycles. The maximum atomic E-state index is 11.3. The molecule has 0 aromatic carbocycles. The van der Waals surface area contributed by atoms with Crippen molar-refractivity contribution in [3.05, 3.63) is 22.8 Å². The first-order valence-corrected chi connectivity index (χ1v) is 4.68. The molecule has 0 aromatic rings. The molecule has 0 aliphatic carbocycles. The van der Waals surface area contributed by atoms with Crippen molar-refractivity contribution >= 4 is 23.6 Å². The fraction of sp³-hybridized carbons (Fsp3) is 0.250. The van der Waals surface area contributed by atoms with Crippen LogP contribution in [0, 0.1) is 0 Å². The number of rotatable bonds is 1. The summed E-state index contributed by atoms with van der Waals surface area (Å²) in [7, 11) is 0. The molecule has 2 aliphatic heterocycles. The Morgan fingerprint density at radius 2 is 2.36 bits per heavy atom. The third kappa shape index (κ3) is 1.44. The summed E-state index contributed by atoms with van der Waals surface area (Å²) in [6, 6.07) is 0. The van der Waals surface area contributed by atoms with Gasteiger partial charge in [-0.1, -0.05) is 6.08 Å². The number of hydrogen-bond acceptors (Lipinski definition) is 4. The van der Waals surface area contributed by atoms with Crippen LogP contribution in [0.25, 0.3) is 0 Å². The number of carbonyl (C=O) groups is 2. The van der Waals surface area contributed by atoms with Crippen LogP contribution in [0.5, 0.6) is 0 Å². The average Bonchev–Trinajstić information content (AvgIpc) is 2.45. The molecular formula is C8H6NNaO3S. The molecule has 0 aromatic heterocycles. The number of hydrogen-bond donors (Lipinski definition) is 0. The second-order valence-corrected chi connectivity index (χ2v) is 3.65. The predicted octanol–water partition coefficient (Wildman–Crippen LogP) is -3.56. The van der Waals surface area contributed by atoms with Gasteiger partial charge in [0.15, 0.2) is 0 Å². The molecule has 68 valence electrons. The van der Waals surface area contributed by atoms with Crippen LogP contribution < -0.4 is 34.7 Å². The van der Waals surface area contributed by atoms with Crippen molar-refractivity contribution < 1.29 is 44.3 Å². The number of nitrogens with zero attached hydrogens (tertiary/aromatic N) is 1. The number of amides is 1. The molecule has 0 N–H and O–H groups in total. The summed E-state index contributed by atoms with van der Waals surface area (Å²) in [4.78, 5) is 23.1. The van der Waals surface area contributed by atoms with Gasteiger partial charge in [0.25, 0.3) is 5.91 Å². The van der Waals surface area contributed by atoms with Crippen molar-refractivity contribution in [1.82, 2.24) is 4.90 Å². The van der Waals surface area contributed by atoms with Crippen LogP contribution in [0.1, 0.15) is 6.92 Å². The molecule has 6 heteroatoms. The van der Waals surface area contributed by atoms with Crippen molar-refractivity contribution in [2.24, 2.45) is 0 Å². The van der Waals surface area contributed by atoms with E-state index in [9.17, 15) is 14.7 Å². The zero-order valence-electron chi connectivity index (χ0n) is 7.81. The standard InChI is InChI=1S/C8H7NO3S.Na/c1-2-4-6(10)9-5(8(11)12)3-13-7(4)9;/h2-3,7H,1H3,(H,11,12);/q;+1/p-1/b4-2+;/t7-;/m1./s1. The summed E-state index contributed by atoms with van der Waals surface area (Å²) in [5, 5.41) is 11.8. The van der Waals surface area contributed by atoms with E-state index in [2.05, 4.69) is 0 Å². The molecular weight excluding hydrogens is 213 g/mol. The largest absolute Gasteiger partial charge is 1.00 e. The van der Waals surface area contributed by atoms with Crippen LogP contribution >= 0.6 is 11.8 Å². The van der Waals surface area contributed by atoms with E-state index in [1.54, 1.807) is 13.0 Å². The Hall–Kier alpha value is -0.230. The number of fused-ring (bicyclic) bond motifs is 1. The molecule has 1 fully saturated rings. The molecule has 0 unspecified atom stereocenters. The monoisotopic (exact) mass is 219 g/mol. The molecule has 2 heterocycles. The first kappa shape index (κ1) is 11.8. The smallest absolute Gasteiger partial charge is 0.543 e. The number of thioether (sulfide) groups is 1. The van der Waals surface area contributed by atoms with Gasteiger partial charge in [-0.15, -0.1) is 11.8 Å². The third-order valence-corrected chi connectivity index (χ3v) is 3.14. The second kappa shape index (κ2) is 4.10. The van der Waals surface area contributed by atoms with Crippen LogP contribution in [0.4, 0.5) is 0 Å². The van der Waals surface area contributed by atoms with Gasteiger partial charge < -0.3 is 9.90 Å². The number of carboxylic acid groups (broad SMARTS) is 1. The van der Waals surface area contributed by atoms with Gasteiger partial charge >= 0.3 is 29.6 Å². The van der Waals surface area contributed by atoms with Crippen LogP contribution in [-0.2, 0) is 9.59 Å². The molecule has 14 heavy (non-hydrogen) atoms. The van der Waals surface area contributed by atoms with E-state index in [0.29, 0.717) is 5.57 Å². The second-order valence-electron chi connectivity index (χ2n) is 2.70. The van der Waals surface area contributed by atoms with Crippen molar-refractivity contribution in [1.29, 1.82) is 0 Å². The van der Waals surface area contributed by atoms with Gasteiger partial charge in [-0.25, -0.2) is 0 Å². The number of carbonyl (C=O) groups excluding carboxylic acids is 2. The van der Waals surface area contributed by atoms with Gasteiger partial charge in [0, 0.05) is 5.57 Å². The summed E-state index contributed by atoms with van der Waals surface area (Å²) in [5.41, 5.74) is 0.642. The van der Waals surface area contributed by atoms with E-state index in [1.165, 1.54) is 22.1 Å². The maximum Gasteiger partial charge on any atom is 1.00 e. The van der Waals surface area contributed by atoms with Crippen LogP contribution in [-0.4, -0.2) is 22.2 Å². The van der Waals surface area contributed by atoms with E-state index in [0.717, 1.165) is 0 Å². The SMILES string of the molecule is C/C=C1\C(=O)N2C(C(=O)[O-])=CS[C@H]12.[Na+].